The average molecular weight is 188 g/mol. The molecule has 0 atom stereocenters. The molecule has 0 radical (unpaired) electrons. The Morgan fingerprint density at radius 3 is 2.46 bits per heavy atom. The van der Waals surface area contributed by atoms with Crippen LogP contribution in [-0.2, 0) is 9.47 Å². The summed E-state index contributed by atoms with van der Waals surface area (Å²) in [4.78, 5) is 4.91. The second kappa shape index (κ2) is 4.91. The van der Waals surface area contributed by atoms with Gasteiger partial charge in [-0.05, 0) is 0 Å². The third kappa shape index (κ3) is 2.91. The van der Waals surface area contributed by atoms with Gasteiger partial charge in [0.05, 0.1) is 33.1 Å². The molecule has 0 N–H and O–H groups in total. The van der Waals surface area contributed by atoms with Crippen LogP contribution >= 0.6 is 0 Å². The van der Waals surface area contributed by atoms with Crippen molar-refractivity contribution in [3.63, 3.8) is 0 Å². The molecule has 0 saturated carbocycles. The number of ether oxygens (including phenoxy) is 2. The van der Waals surface area contributed by atoms with Crippen LogP contribution in [0.4, 0.5) is 0 Å². The van der Waals surface area contributed by atoms with E-state index in [1.165, 1.54) is 0 Å². The molecule has 2 rings (SSSR count). The second-order valence-corrected chi connectivity index (χ2v) is 3.60. The normalized spacial score (nSPS) is 27.7. The molecule has 4 nitrogen and oxygen atoms in total. The zero-order chi connectivity index (χ0) is 8.93. The number of morpholine rings is 2. The Morgan fingerprint density at radius 1 is 1.00 bits per heavy atom. The van der Waals surface area contributed by atoms with Crippen molar-refractivity contribution in [3.8, 4) is 0 Å². The fraction of sp³-hybridized carbons (Fsp3) is 1.00. The summed E-state index contributed by atoms with van der Waals surface area (Å²) in [6.07, 6.45) is 0. The quantitative estimate of drug-likeness (QED) is 0.589. The Morgan fingerprint density at radius 2 is 1.77 bits per heavy atom. The molecule has 0 unspecified atom stereocenters. The summed E-state index contributed by atoms with van der Waals surface area (Å²) in [6.45, 7) is 8.99. The Kier molecular flexibility index (Phi) is 3.55. The van der Waals surface area contributed by atoms with Gasteiger partial charge in [-0.15, -0.1) is 0 Å². The molecule has 0 aromatic rings. The van der Waals surface area contributed by atoms with Gasteiger partial charge >= 0.3 is 0 Å². The van der Waals surface area contributed by atoms with Crippen LogP contribution < -0.4 is 0 Å². The lowest BCUT2D eigenvalue weighted by Crippen LogP contribution is -2.47. The summed E-state index contributed by atoms with van der Waals surface area (Å²) in [7, 11) is 0. The largest absolute Gasteiger partial charge is 0.379 e. The van der Waals surface area contributed by atoms with Gasteiger partial charge in [0.1, 0.15) is 0 Å². The van der Waals surface area contributed by atoms with Crippen molar-refractivity contribution >= 4 is 0 Å². The molecule has 4 heteroatoms. The molecular formula is C9H18N2O2. The number of hydrogen-bond acceptors (Lipinski definition) is 4. The van der Waals surface area contributed by atoms with Gasteiger partial charge in [-0.3, -0.25) is 9.80 Å². The standard InChI is InChI=1S/C9H18N2O2/c1-5-12-6-2-10(1)9-11-3-7-13-8-4-11/h1-9H2/i5+2. The summed E-state index contributed by atoms with van der Waals surface area (Å²) in [6, 6.07) is 0. The maximum Gasteiger partial charge on any atom is 0.0594 e. The fourth-order valence-electron chi connectivity index (χ4n) is 1.77. The van der Waals surface area contributed by atoms with Crippen LogP contribution in [-0.4, -0.2) is 69.1 Å². The highest BCUT2D eigenvalue weighted by molar-refractivity contribution is 4.66. The molecule has 0 spiro atoms. The van der Waals surface area contributed by atoms with Crippen molar-refractivity contribution in [3.05, 3.63) is 0 Å². The lowest BCUT2D eigenvalue weighted by molar-refractivity contribution is -0.0229. The molecule has 0 aromatic carbocycles. The van der Waals surface area contributed by atoms with E-state index in [0.29, 0.717) is 0 Å². The van der Waals surface area contributed by atoms with Gasteiger partial charge in [-0.25, -0.2) is 0 Å². The summed E-state index contributed by atoms with van der Waals surface area (Å²) in [5, 5.41) is 0. The van der Waals surface area contributed by atoms with Crippen LogP contribution in [0.1, 0.15) is 0 Å². The van der Waals surface area contributed by atoms with Crippen LogP contribution in [0, 0.1) is 0 Å². The highest BCUT2D eigenvalue weighted by Crippen LogP contribution is 2.02. The van der Waals surface area contributed by atoms with Crippen molar-refractivity contribution in [1.29, 1.82) is 0 Å². The minimum Gasteiger partial charge on any atom is -0.379 e. The van der Waals surface area contributed by atoms with Crippen LogP contribution in [0.2, 0.25) is 0 Å². The van der Waals surface area contributed by atoms with Gasteiger partial charge in [-0.2, -0.15) is 0 Å². The van der Waals surface area contributed by atoms with E-state index in [1.807, 2.05) is 0 Å². The molecule has 2 saturated heterocycles. The van der Waals surface area contributed by atoms with Gasteiger partial charge in [0.25, 0.3) is 0 Å². The monoisotopic (exact) mass is 188 g/mol. The van der Waals surface area contributed by atoms with Gasteiger partial charge < -0.3 is 9.47 Å². The summed E-state index contributed by atoms with van der Waals surface area (Å²) >= 11 is 0. The Hall–Kier alpha value is -0.160. The van der Waals surface area contributed by atoms with E-state index in [0.717, 1.165) is 59.3 Å². The summed E-state index contributed by atoms with van der Waals surface area (Å²) < 4.78 is 10.6. The van der Waals surface area contributed by atoms with Crippen LogP contribution in [0.15, 0.2) is 0 Å². The van der Waals surface area contributed by atoms with E-state index in [9.17, 15) is 0 Å². The highest BCUT2D eigenvalue weighted by atomic mass is 16.6. The van der Waals surface area contributed by atoms with Crippen molar-refractivity contribution in [2.24, 2.45) is 0 Å². The van der Waals surface area contributed by atoms with E-state index >= 15 is 0 Å². The van der Waals surface area contributed by atoms with E-state index in [2.05, 4.69) is 9.80 Å². The van der Waals surface area contributed by atoms with E-state index < -0.39 is 0 Å². The maximum atomic E-state index is 5.30. The van der Waals surface area contributed by atoms with Crippen molar-refractivity contribution in [2.45, 2.75) is 0 Å². The molecule has 2 aliphatic heterocycles. The first-order chi connectivity index (χ1) is 6.45. The zero-order valence-corrected chi connectivity index (χ0v) is 8.07. The number of hydrogen-bond donors (Lipinski definition) is 0. The predicted octanol–water partition coefficient (Wildman–Crippen LogP) is -0.392. The highest BCUT2D eigenvalue weighted by Gasteiger charge is 2.16. The van der Waals surface area contributed by atoms with Crippen molar-refractivity contribution in [2.75, 3.05) is 59.3 Å². The lowest BCUT2D eigenvalue weighted by Gasteiger charge is -2.34. The summed E-state index contributed by atoms with van der Waals surface area (Å²) in [5.41, 5.74) is 0. The molecule has 0 aliphatic carbocycles. The van der Waals surface area contributed by atoms with Crippen molar-refractivity contribution < 1.29 is 9.47 Å². The molecule has 2 aliphatic rings. The predicted molar refractivity (Wildman–Crippen MR) is 49.7 cm³/mol. The average Bonchev–Trinajstić information content (AvgIpc) is 2.21. The molecule has 0 amide bonds. The lowest BCUT2D eigenvalue weighted by atomic mass is 10.4. The number of rotatable bonds is 2. The molecule has 0 aromatic heterocycles. The maximum absolute atomic E-state index is 5.30. The van der Waals surface area contributed by atoms with Crippen LogP contribution in [0.5, 0.6) is 0 Å². The minimum atomic E-state index is 0.893. The van der Waals surface area contributed by atoms with E-state index in [-0.39, 0.29) is 0 Å². The van der Waals surface area contributed by atoms with Gasteiger partial charge in [0.2, 0.25) is 0 Å². The molecule has 2 heterocycles. The molecule has 13 heavy (non-hydrogen) atoms. The third-order valence-electron chi connectivity index (χ3n) is 2.61. The van der Waals surface area contributed by atoms with E-state index in [4.69, 9.17) is 9.47 Å². The second-order valence-electron chi connectivity index (χ2n) is 3.60. The first-order valence-corrected chi connectivity index (χ1v) is 5.05. The SMILES string of the molecule is C1CN(CN2CCO[14CH2]C2)CCO1. The molecule has 0 bridgehead atoms. The third-order valence-corrected chi connectivity index (χ3v) is 2.61. The topological polar surface area (TPSA) is 24.9 Å². The van der Waals surface area contributed by atoms with Gasteiger partial charge in [-0.1, -0.05) is 0 Å². The fourth-order valence-corrected chi connectivity index (χ4v) is 1.77. The van der Waals surface area contributed by atoms with Gasteiger partial charge in [0, 0.05) is 26.2 Å². The van der Waals surface area contributed by atoms with Crippen LogP contribution in [0.25, 0.3) is 0 Å². The Balaban J connectivity index is 1.69. The van der Waals surface area contributed by atoms with Crippen molar-refractivity contribution in [1.82, 2.24) is 9.80 Å². The number of nitrogens with zero attached hydrogens (tertiary/aromatic N) is 2. The first kappa shape index (κ1) is 9.40. The smallest absolute Gasteiger partial charge is 0.0594 e. The first-order valence-electron chi connectivity index (χ1n) is 5.05. The summed E-state index contributed by atoms with van der Waals surface area (Å²) in [5.74, 6) is 0. The molecular weight excluding hydrogens is 170 g/mol. The minimum absolute atomic E-state index is 0.893. The Labute approximate surface area is 79.4 Å². The Bertz CT molecular complexity index is 127. The molecule has 76 valence electrons. The molecule has 2 fully saturated rings. The van der Waals surface area contributed by atoms with Gasteiger partial charge in [0.15, 0.2) is 0 Å². The van der Waals surface area contributed by atoms with Crippen LogP contribution in [0.3, 0.4) is 0 Å². The zero-order valence-electron chi connectivity index (χ0n) is 8.07. The van der Waals surface area contributed by atoms with E-state index in [1.54, 1.807) is 0 Å².